The molecule has 0 aliphatic carbocycles. The molecule has 0 aliphatic rings. The number of aliphatic hydroxyl groups excluding tert-OH is 1. The molecule has 66 valence electrons. The van der Waals surface area contributed by atoms with Crippen molar-refractivity contribution in [1.82, 2.24) is 5.32 Å². The van der Waals surface area contributed by atoms with Crippen LogP contribution in [0.5, 0.6) is 0 Å². The van der Waals surface area contributed by atoms with Crippen molar-refractivity contribution >= 4 is 5.97 Å². The number of aliphatic hydroxyl groups is 3. The lowest BCUT2D eigenvalue weighted by Crippen LogP contribution is -2.56. The van der Waals surface area contributed by atoms with E-state index in [0.29, 0.717) is 0 Å². The third-order valence-electron chi connectivity index (χ3n) is 1.09. The lowest BCUT2D eigenvalue weighted by atomic mass is 10.2. The van der Waals surface area contributed by atoms with Crippen molar-refractivity contribution in [1.29, 1.82) is 0 Å². The van der Waals surface area contributed by atoms with Crippen LogP contribution in [0.1, 0.15) is 6.92 Å². The highest BCUT2D eigenvalue weighted by Gasteiger charge is 2.41. The number of hydrogen-bond acceptors (Lipinski definition) is 5. The summed E-state index contributed by atoms with van der Waals surface area (Å²) in [5, 5.41) is 36.3. The quantitative estimate of drug-likeness (QED) is 0.299. The van der Waals surface area contributed by atoms with Crippen LogP contribution in [0, 0.1) is 0 Å². The first-order valence-electron chi connectivity index (χ1n) is 3.02. The van der Waals surface area contributed by atoms with Crippen molar-refractivity contribution in [3.05, 3.63) is 0 Å². The third-order valence-corrected chi connectivity index (χ3v) is 1.09. The molecule has 0 aromatic rings. The summed E-state index contributed by atoms with van der Waals surface area (Å²) in [5.41, 5.74) is 0. The predicted octanol–water partition coefficient (Wildman–Crippen LogP) is -2.32. The molecule has 0 amide bonds. The molecule has 0 spiro atoms. The molecule has 0 aromatic heterocycles. The number of carboxylic acid groups (broad SMARTS) is 1. The molecule has 0 saturated carbocycles. The predicted molar refractivity (Wildman–Crippen MR) is 34.5 cm³/mol. The average Bonchev–Trinajstić information content (AvgIpc) is 1.88. The van der Waals surface area contributed by atoms with E-state index < -0.39 is 18.0 Å². The van der Waals surface area contributed by atoms with Gasteiger partial charge in [0.15, 0.2) is 6.23 Å². The van der Waals surface area contributed by atoms with Crippen molar-refractivity contribution in [2.75, 3.05) is 6.54 Å². The van der Waals surface area contributed by atoms with Crippen molar-refractivity contribution < 1.29 is 25.2 Å². The molecule has 0 rings (SSSR count). The SMILES string of the molecule is CCNC(O)C(O)(O)C(=O)O. The Labute approximate surface area is 63.1 Å². The van der Waals surface area contributed by atoms with E-state index in [1.807, 2.05) is 0 Å². The molecule has 0 aliphatic heterocycles. The van der Waals surface area contributed by atoms with Crippen LogP contribution in [0.25, 0.3) is 0 Å². The number of carbonyl (C=O) groups is 1. The minimum absolute atomic E-state index is 0.233. The van der Waals surface area contributed by atoms with Crippen LogP contribution in [0.3, 0.4) is 0 Å². The van der Waals surface area contributed by atoms with E-state index in [-0.39, 0.29) is 6.54 Å². The van der Waals surface area contributed by atoms with Crippen LogP contribution in [0.15, 0.2) is 0 Å². The second-order valence-electron chi connectivity index (χ2n) is 1.99. The van der Waals surface area contributed by atoms with Crippen LogP contribution in [0.4, 0.5) is 0 Å². The van der Waals surface area contributed by atoms with Gasteiger partial charge in [-0.2, -0.15) is 0 Å². The van der Waals surface area contributed by atoms with Crippen LogP contribution >= 0.6 is 0 Å². The Morgan fingerprint density at radius 2 is 2.09 bits per heavy atom. The number of hydrogen-bond donors (Lipinski definition) is 5. The zero-order valence-electron chi connectivity index (χ0n) is 5.98. The summed E-state index contributed by atoms with van der Waals surface area (Å²) in [6.45, 7) is 1.82. The Bertz CT molecular complexity index is 146. The van der Waals surface area contributed by atoms with Gasteiger partial charge in [-0.15, -0.1) is 0 Å². The van der Waals surface area contributed by atoms with Crippen LogP contribution in [-0.2, 0) is 4.79 Å². The van der Waals surface area contributed by atoms with Gasteiger partial charge < -0.3 is 20.4 Å². The molecule has 0 heterocycles. The molecule has 6 heteroatoms. The number of aliphatic carboxylic acids is 1. The Morgan fingerprint density at radius 3 is 2.36 bits per heavy atom. The topological polar surface area (TPSA) is 110 Å². The number of rotatable bonds is 4. The van der Waals surface area contributed by atoms with Gasteiger partial charge >= 0.3 is 11.8 Å². The summed E-state index contributed by atoms with van der Waals surface area (Å²) in [5.74, 6) is -5.03. The van der Waals surface area contributed by atoms with E-state index in [2.05, 4.69) is 5.32 Å². The first-order chi connectivity index (χ1) is 4.92. The highest BCUT2D eigenvalue weighted by atomic mass is 16.6. The molecule has 11 heavy (non-hydrogen) atoms. The highest BCUT2D eigenvalue weighted by molar-refractivity contribution is 5.75. The molecule has 0 fully saturated rings. The maximum Gasteiger partial charge on any atom is 0.368 e. The molecule has 0 aromatic carbocycles. The smallest absolute Gasteiger partial charge is 0.368 e. The van der Waals surface area contributed by atoms with Crippen LogP contribution in [-0.4, -0.2) is 45.0 Å². The highest BCUT2D eigenvalue weighted by Crippen LogP contribution is 2.03. The second-order valence-corrected chi connectivity index (χ2v) is 1.99. The molecule has 0 bridgehead atoms. The first-order valence-corrected chi connectivity index (χ1v) is 3.02. The normalized spacial score (nSPS) is 14.5. The van der Waals surface area contributed by atoms with E-state index in [4.69, 9.17) is 20.4 Å². The van der Waals surface area contributed by atoms with E-state index in [9.17, 15) is 4.79 Å². The van der Waals surface area contributed by atoms with Gasteiger partial charge in [-0.05, 0) is 6.54 Å². The molecular weight excluding hydrogens is 154 g/mol. The zero-order valence-corrected chi connectivity index (χ0v) is 5.98. The molecule has 5 N–H and O–H groups in total. The fourth-order valence-electron chi connectivity index (χ4n) is 0.453. The molecule has 0 radical (unpaired) electrons. The van der Waals surface area contributed by atoms with Gasteiger partial charge in [0.1, 0.15) is 0 Å². The summed E-state index contributed by atoms with van der Waals surface area (Å²) >= 11 is 0. The van der Waals surface area contributed by atoms with Crippen molar-refractivity contribution in [2.24, 2.45) is 0 Å². The van der Waals surface area contributed by atoms with Gasteiger partial charge in [-0.25, -0.2) is 4.79 Å². The Kier molecular flexibility index (Phi) is 3.40. The van der Waals surface area contributed by atoms with Crippen LogP contribution in [0.2, 0.25) is 0 Å². The van der Waals surface area contributed by atoms with Gasteiger partial charge in [0.2, 0.25) is 0 Å². The number of likely N-dealkylation sites (N-methyl/N-ethyl adjacent to an activating group) is 1. The maximum atomic E-state index is 10.0. The molecule has 0 saturated heterocycles. The molecule has 6 nitrogen and oxygen atoms in total. The number of carboxylic acids is 1. The van der Waals surface area contributed by atoms with E-state index in [1.54, 1.807) is 6.92 Å². The van der Waals surface area contributed by atoms with Gasteiger partial charge in [-0.3, -0.25) is 5.32 Å². The fraction of sp³-hybridized carbons (Fsp3) is 0.800. The van der Waals surface area contributed by atoms with Gasteiger partial charge in [0, 0.05) is 0 Å². The van der Waals surface area contributed by atoms with E-state index >= 15 is 0 Å². The second kappa shape index (κ2) is 3.63. The van der Waals surface area contributed by atoms with E-state index in [1.165, 1.54) is 0 Å². The lowest BCUT2D eigenvalue weighted by molar-refractivity contribution is -0.241. The standard InChI is InChI=1S/C5H11NO5/c1-2-6-3(7)5(10,11)4(8)9/h3,6-7,10-11H,2H2,1H3,(H,8,9). The summed E-state index contributed by atoms with van der Waals surface area (Å²) < 4.78 is 0. The van der Waals surface area contributed by atoms with Crippen molar-refractivity contribution in [3.8, 4) is 0 Å². The van der Waals surface area contributed by atoms with Crippen molar-refractivity contribution in [3.63, 3.8) is 0 Å². The first kappa shape index (κ1) is 10.3. The molecule has 1 unspecified atom stereocenters. The zero-order chi connectivity index (χ0) is 9.07. The summed E-state index contributed by atoms with van der Waals surface area (Å²) in [6, 6.07) is 0. The van der Waals surface area contributed by atoms with Gasteiger partial charge in [0.05, 0.1) is 0 Å². The monoisotopic (exact) mass is 165 g/mol. The Balaban J connectivity index is 4.17. The van der Waals surface area contributed by atoms with Gasteiger partial charge in [-0.1, -0.05) is 6.92 Å². The maximum absolute atomic E-state index is 10.0. The number of nitrogens with one attached hydrogen (secondary N) is 1. The summed E-state index contributed by atoms with van der Waals surface area (Å²) in [4.78, 5) is 10.0. The van der Waals surface area contributed by atoms with Crippen LogP contribution < -0.4 is 5.32 Å². The Hall–Kier alpha value is -0.690. The Morgan fingerprint density at radius 1 is 1.64 bits per heavy atom. The molecular formula is C5H11NO5. The fourth-order valence-corrected chi connectivity index (χ4v) is 0.453. The minimum atomic E-state index is -3.13. The average molecular weight is 165 g/mol. The van der Waals surface area contributed by atoms with Gasteiger partial charge in [0.25, 0.3) is 0 Å². The third kappa shape index (κ3) is 2.43. The van der Waals surface area contributed by atoms with E-state index in [0.717, 1.165) is 0 Å². The van der Waals surface area contributed by atoms with Crippen molar-refractivity contribution in [2.45, 2.75) is 18.9 Å². The largest absolute Gasteiger partial charge is 0.477 e. The minimum Gasteiger partial charge on any atom is -0.477 e. The summed E-state index contributed by atoms with van der Waals surface area (Å²) in [7, 11) is 0. The summed E-state index contributed by atoms with van der Waals surface area (Å²) in [6.07, 6.45) is -1.88. The lowest BCUT2D eigenvalue weighted by Gasteiger charge is -2.22. The molecule has 1 atom stereocenters.